The van der Waals surface area contributed by atoms with Crippen molar-refractivity contribution in [2.24, 2.45) is 5.92 Å². The number of carbonyl (C=O) groups is 3. The average molecular weight is 692 g/mol. The molecule has 3 heterocycles. The van der Waals surface area contributed by atoms with Crippen LogP contribution in [0.25, 0.3) is 0 Å². The number of hydrogen-bond acceptors (Lipinski definition) is 7. The third kappa shape index (κ3) is 8.96. The maximum atomic E-state index is 14.7. The molecule has 0 radical (unpaired) electrons. The predicted molar refractivity (Wildman–Crippen MR) is 189 cm³/mol. The van der Waals surface area contributed by atoms with Gasteiger partial charge >= 0.3 is 6.09 Å². The van der Waals surface area contributed by atoms with Gasteiger partial charge in [-0.3, -0.25) is 14.5 Å². The normalized spacial score (nSPS) is 20.3. The van der Waals surface area contributed by atoms with Crippen molar-refractivity contribution in [1.82, 2.24) is 25.3 Å². The number of hydrogen-bond donors (Lipinski definition) is 2. The lowest BCUT2D eigenvalue weighted by Crippen LogP contribution is -2.66. The van der Waals surface area contributed by atoms with E-state index in [0.29, 0.717) is 11.6 Å². The number of likely N-dealkylation sites (tertiary alicyclic amines) is 1. The van der Waals surface area contributed by atoms with E-state index < -0.39 is 12.1 Å². The molecule has 2 saturated heterocycles. The number of halogens is 1. The molecular weight excluding hydrogens is 646 g/mol. The summed E-state index contributed by atoms with van der Waals surface area (Å²) in [5.41, 5.74) is 1.30. The van der Waals surface area contributed by atoms with Gasteiger partial charge in [-0.1, -0.05) is 79.4 Å². The molecule has 2 aromatic carbocycles. The zero-order chi connectivity index (χ0) is 33.3. The summed E-state index contributed by atoms with van der Waals surface area (Å²) in [6.45, 7) is 3.64. The predicted octanol–water partition coefficient (Wildman–Crippen LogP) is 5.93. The van der Waals surface area contributed by atoms with E-state index in [1.54, 1.807) is 40.5 Å². The molecular formula is C37H46ClN5O4S. The van der Waals surface area contributed by atoms with Crippen LogP contribution in [0.3, 0.4) is 0 Å². The lowest BCUT2D eigenvalue weighted by molar-refractivity contribution is -0.146. The molecule has 2 aliphatic heterocycles. The van der Waals surface area contributed by atoms with Crippen LogP contribution < -0.4 is 15.4 Å². The third-order valence-corrected chi connectivity index (χ3v) is 11.1. The minimum atomic E-state index is -0.848. The van der Waals surface area contributed by atoms with E-state index in [9.17, 15) is 14.4 Å². The van der Waals surface area contributed by atoms with Gasteiger partial charge in [-0.25, -0.2) is 4.79 Å². The van der Waals surface area contributed by atoms with Gasteiger partial charge in [-0.05, 0) is 73.8 Å². The van der Waals surface area contributed by atoms with Gasteiger partial charge < -0.3 is 25.2 Å². The Labute approximate surface area is 292 Å². The number of piperazine rings is 1. The van der Waals surface area contributed by atoms with Gasteiger partial charge in [0, 0.05) is 30.6 Å². The Morgan fingerprint density at radius 2 is 1.62 bits per heavy atom. The van der Waals surface area contributed by atoms with E-state index in [0.717, 1.165) is 63.0 Å². The number of piperidine rings is 1. The molecule has 3 aliphatic rings. The molecule has 0 unspecified atom stereocenters. The molecule has 2 atom stereocenters. The number of ether oxygens (including phenoxy) is 1. The van der Waals surface area contributed by atoms with Crippen LogP contribution in [-0.4, -0.2) is 83.5 Å². The first-order valence-corrected chi connectivity index (χ1v) is 18.5. The Bertz CT molecular complexity index is 1490. The van der Waals surface area contributed by atoms with E-state index in [4.69, 9.17) is 16.3 Å². The first kappa shape index (κ1) is 34.4. The molecule has 0 spiro atoms. The highest BCUT2D eigenvalue weighted by Gasteiger charge is 2.43. The van der Waals surface area contributed by atoms with Crippen LogP contribution in [0.4, 0.5) is 4.79 Å². The number of rotatable bonds is 10. The SMILES string of the molecule is O=C(NCc1cccs1)[C@@H]1CN(C(=O)Oc2ccccc2Cl)CCN1C(=O)[C@H](NC1CCCCC1)C1CCN(Cc2ccccc2)CC1. The van der Waals surface area contributed by atoms with Crippen LogP contribution in [0.15, 0.2) is 72.1 Å². The molecule has 11 heteroatoms. The summed E-state index contributed by atoms with van der Waals surface area (Å²) in [5.74, 6) is 0.0970. The third-order valence-electron chi connectivity index (χ3n) is 9.91. The molecule has 256 valence electrons. The Morgan fingerprint density at radius 3 is 2.35 bits per heavy atom. The zero-order valence-corrected chi connectivity index (χ0v) is 29.0. The maximum Gasteiger partial charge on any atom is 0.415 e. The molecule has 3 fully saturated rings. The lowest BCUT2D eigenvalue weighted by atomic mass is 9.86. The van der Waals surface area contributed by atoms with Crippen LogP contribution in [0.2, 0.25) is 5.02 Å². The van der Waals surface area contributed by atoms with E-state index in [1.807, 2.05) is 23.6 Å². The number of benzene rings is 2. The summed E-state index contributed by atoms with van der Waals surface area (Å²) in [6.07, 6.45) is 6.89. The molecule has 3 aromatic rings. The Kier molecular flexibility index (Phi) is 12.0. The van der Waals surface area contributed by atoms with Crippen molar-refractivity contribution in [3.8, 4) is 5.75 Å². The van der Waals surface area contributed by atoms with Gasteiger partial charge in [-0.15, -0.1) is 11.3 Å². The molecule has 1 aliphatic carbocycles. The quantitative estimate of drug-likeness (QED) is 0.274. The fourth-order valence-corrected chi connectivity index (χ4v) is 8.04. The van der Waals surface area contributed by atoms with Crippen molar-refractivity contribution in [3.63, 3.8) is 0 Å². The van der Waals surface area contributed by atoms with E-state index in [-0.39, 0.29) is 55.2 Å². The van der Waals surface area contributed by atoms with Crippen molar-refractivity contribution in [1.29, 1.82) is 0 Å². The monoisotopic (exact) mass is 691 g/mol. The summed E-state index contributed by atoms with van der Waals surface area (Å²) >= 11 is 7.82. The van der Waals surface area contributed by atoms with Crippen LogP contribution in [0.5, 0.6) is 5.75 Å². The minimum absolute atomic E-state index is 0.0387. The highest BCUT2D eigenvalue weighted by Crippen LogP contribution is 2.28. The van der Waals surface area contributed by atoms with Crippen molar-refractivity contribution in [2.75, 3.05) is 32.7 Å². The van der Waals surface area contributed by atoms with Gasteiger partial charge in [0.1, 0.15) is 6.04 Å². The van der Waals surface area contributed by atoms with Gasteiger partial charge in [0.2, 0.25) is 11.8 Å². The highest BCUT2D eigenvalue weighted by molar-refractivity contribution is 7.09. The van der Waals surface area contributed by atoms with Crippen molar-refractivity contribution >= 4 is 40.8 Å². The summed E-state index contributed by atoms with van der Waals surface area (Å²) < 4.78 is 5.63. The second-order valence-corrected chi connectivity index (χ2v) is 14.6. The molecule has 0 bridgehead atoms. The summed E-state index contributed by atoms with van der Waals surface area (Å²) in [4.78, 5) is 48.6. The van der Waals surface area contributed by atoms with E-state index >= 15 is 0 Å². The largest absolute Gasteiger partial charge is 0.415 e. The minimum Gasteiger partial charge on any atom is -0.409 e. The van der Waals surface area contributed by atoms with Gasteiger partial charge in [0.15, 0.2) is 5.75 Å². The summed E-state index contributed by atoms with van der Waals surface area (Å²) in [5, 5.41) is 9.15. The molecule has 1 aromatic heterocycles. The van der Waals surface area contributed by atoms with E-state index in [1.165, 1.54) is 16.9 Å². The molecule has 48 heavy (non-hydrogen) atoms. The standard InChI is InChI=1S/C37H46ClN5O4S/c38-31-15-7-8-16-33(31)47-37(46)42-21-22-43(32(26-42)35(44)39-24-30-14-9-23-48-30)36(45)34(40-29-12-5-2-6-13-29)28-17-19-41(20-18-28)25-27-10-3-1-4-11-27/h1,3-4,7-11,14-16,23,28-29,32,34,40H,2,5-6,12-13,17-22,24-26H2,(H,39,44)/t32-,34+/m0/s1. The second kappa shape index (κ2) is 16.8. The fraction of sp³-hybridized carbons (Fsp3) is 0.486. The Balaban J connectivity index is 1.18. The number of carbonyl (C=O) groups excluding carboxylic acids is 3. The van der Waals surface area contributed by atoms with Gasteiger partial charge in [0.25, 0.3) is 0 Å². The molecule has 2 N–H and O–H groups in total. The smallest absolute Gasteiger partial charge is 0.409 e. The first-order valence-electron chi connectivity index (χ1n) is 17.3. The number of thiophene rings is 1. The highest BCUT2D eigenvalue weighted by atomic mass is 35.5. The van der Waals surface area contributed by atoms with Crippen LogP contribution in [0, 0.1) is 5.92 Å². The van der Waals surface area contributed by atoms with Gasteiger partial charge in [-0.2, -0.15) is 0 Å². The van der Waals surface area contributed by atoms with Crippen LogP contribution >= 0.6 is 22.9 Å². The molecule has 9 nitrogen and oxygen atoms in total. The summed E-state index contributed by atoms with van der Waals surface area (Å²) in [7, 11) is 0. The second-order valence-electron chi connectivity index (χ2n) is 13.2. The average Bonchev–Trinajstić information content (AvgIpc) is 3.65. The maximum absolute atomic E-state index is 14.7. The van der Waals surface area contributed by atoms with Crippen LogP contribution in [-0.2, 0) is 22.7 Å². The van der Waals surface area contributed by atoms with E-state index in [2.05, 4.69) is 39.8 Å². The summed E-state index contributed by atoms with van der Waals surface area (Å²) in [6, 6.07) is 20.3. The number of para-hydroxylation sites is 1. The Hall–Kier alpha value is -3.44. The number of nitrogens with one attached hydrogen (secondary N) is 2. The zero-order valence-electron chi connectivity index (χ0n) is 27.4. The molecule has 6 rings (SSSR count). The Morgan fingerprint density at radius 1 is 0.875 bits per heavy atom. The first-order chi connectivity index (χ1) is 23.4. The number of nitrogens with zero attached hydrogens (tertiary/aromatic N) is 3. The molecule has 1 saturated carbocycles. The topological polar surface area (TPSA) is 94.2 Å². The number of amides is 3. The lowest BCUT2D eigenvalue weighted by Gasteiger charge is -2.44. The van der Waals surface area contributed by atoms with Crippen molar-refractivity contribution < 1.29 is 19.1 Å². The molecule has 3 amide bonds. The van der Waals surface area contributed by atoms with Crippen LogP contribution in [0.1, 0.15) is 55.4 Å². The van der Waals surface area contributed by atoms with Crippen molar-refractivity contribution in [3.05, 3.63) is 87.6 Å². The fourth-order valence-electron chi connectivity index (χ4n) is 7.23. The van der Waals surface area contributed by atoms with Crippen molar-refractivity contribution in [2.45, 2.75) is 76.2 Å². The van der Waals surface area contributed by atoms with Gasteiger partial charge in [0.05, 0.1) is 24.2 Å².